The number of methoxy groups -OCH3 is 1. The maximum Gasteiger partial charge on any atom is 0.0587 e. The minimum atomic E-state index is 0.750. The average molecular weight is 249 g/mol. The lowest BCUT2D eigenvalue weighted by molar-refractivity contribution is 0.199. The summed E-state index contributed by atoms with van der Waals surface area (Å²) in [6.45, 7) is 6.75. The number of nitrogens with one attached hydrogen (secondary N) is 1. The number of pyridine rings is 1. The van der Waals surface area contributed by atoms with Crippen molar-refractivity contribution in [3.63, 3.8) is 0 Å². The molecule has 4 nitrogen and oxygen atoms in total. The van der Waals surface area contributed by atoms with Crippen LogP contribution in [-0.2, 0) is 24.2 Å². The minimum Gasteiger partial charge on any atom is -0.383 e. The summed E-state index contributed by atoms with van der Waals surface area (Å²) in [5.41, 5.74) is 5.13. The van der Waals surface area contributed by atoms with E-state index in [0.29, 0.717) is 0 Å². The highest BCUT2D eigenvalue weighted by molar-refractivity contribution is 5.31. The Morgan fingerprint density at radius 2 is 2.33 bits per heavy atom. The SMILES string of the molecule is COCCNCc1cc2c(nc1C)CCN(C)C2. The third kappa shape index (κ3) is 3.28. The van der Waals surface area contributed by atoms with Gasteiger partial charge in [0.05, 0.1) is 6.61 Å². The minimum absolute atomic E-state index is 0.750. The zero-order valence-corrected chi connectivity index (χ0v) is 11.6. The molecule has 0 aromatic carbocycles. The molecule has 1 aromatic rings. The Morgan fingerprint density at radius 1 is 1.50 bits per heavy atom. The van der Waals surface area contributed by atoms with Gasteiger partial charge in [-0.3, -0.25) is 4.98 Å². The predicted molar refractivity (Wildman–Crippen MR) is 72.6 cm³/mol. The van der Waals surface area contributed by atoms with E-state index in [-0.39, 0.29) is 0 Å². The van der Waals surface area contributed by atoms with E-state index in [1.165, 1.54) is 16.8 Å². The van der Waals surface area contributed by atoms with Crippen LogP contribution in [0, 0.1) is 6.92 Å². The van der Waals surface area contributed by atoms with Crippen molar-refractivity contribution in [1.82, 2.24) is 15.2 Å². The number of hydrogen-bond acceptors (Lipinski definition) is 4. The Morgan fingerprint density at radius 3 is 3.11 bits per heavy atom. The molecule has 0 aliphatic carbocycles. The molecule has 0 bridgehead atoms. The topological polar surface area (TPSA) is 37.4 Å². The molecule has 18 heavy (non-hydrogen) atoms. The molecular weight excluding hydrogens is 226 g/mol. The van der Waals surface area contributed by atoms with Gasteiger partial charge in [0, 0.05) is 51.1 Å². The van der Waals surface area contributed by atoms with Crippen molar-refractivity contribution in [2.75, 3.05) is 33.9 Å². The van der Waals surface area contributed by atoms with Gasteiger partial charge < -0.3 is 15.0 Å². The molecule has 1 aliphatic heterocycles. The van der Waals surface area contributed by atoms with Crippen LogP contribution in [-0.4, -0.2) is 43.7 Å². The quantitative estimate of drug-likeness (QED) is 0.793. The molecule has 0 amide bonds. The highest BCUT2D eigenvalue weighted by Crippen LogP contribution is 2.19. The molecule has 0 atom stereocenters. The van der Waals surface area contributed by atoms with Crippen LogP contribution >= 0.6 is 0 Å². The summed E-state index contributed by atoms with van der Waals surface area (Å²) in [5.74, 6) is 0. The summed E-state index contributed by atoms with van der Waals surface area (Å²) in [6.07, 6.45) is 1.07. The predicted octanol–water partition coefficient (Wildman–Crippen LogP) is 1.11. The maximum absolute atomic E-state index is 5.03. The van der Waals surface area contributed by atoms with Crippen LogP contribution in [0.4, 0.5) is 0 Å². The molecule has 0 saturated carbocycles. The maximum atomic E-state index is 5.03. The smallest absolute Gasteiger partial charge is 0.0587 e. The van der Waals surface area contributed by atoms with Gasteiger partial charge in [-0.25, -0.2) is 0 Å². The van der Waals surface area contributed by atoms with Gasteiger partial charge in [-0.05, 0) is 31.2 Å². The Labute approximate surface area is 109 Å². The second kappa shape index (κ2) is 6.27. The largest absolute Gasteiger partial charge is 0.383 e. The van der Waals surface area contributed by atoms with Gasteiger partial charge in [0.1, 0.15) is 0 Å². The summed E-state index contributed by atoms with van der Waals surface area (Å²) in [5, 5.41) is 3.38. The Kier molecular flexibility index (Phi) is 4.69. The number of hydrogen-bond donors (Lipinski definition) is 1. The lowest BCUT2D eigenvalue weighted by Gasteiger charge is -2.25. The number of nitrogens with zero attached hydrogens (tertiary/aromatic N) is 2. The van der Waals surface area contributed by atoms with E-state index in [2.05, 4.69) is 30.3 Å². The number of aryl methyl sites for hydroxylation is 1. The highest BCUT2D eigenvalue weighted by Gasteiger charge is 2.16. The summed E-state index contributed by atoms with van der Waals surface area (Å²) in [7, 11) is 3.89. The van der Waals surface area contributed by atoms with E-state index in [9.17, 15) is 0 Å². The number of ether oxygens (including phenoxy) is 1. The van der Waals surface area contributed by atoms with Crippen LogP contribution < -0.4 is 5.32 Å². The summed E-state index contributed by atoms with van der Waals surface area (Å²) < 4.78 is 5.03. The van der Waals surface area contributed by atoms with Gasteiger partial charge in [-0.15, -0.1) is 0 Å². The Balaban J connectivity index is 2.04. The van der Waals surface area contributed by atoms with Crippen molar-refractivity contribution in [2.24, 2.45) is 0 Å². The van der Waals surface area contributed by atoms with Crippen molar-refractivity contribution in [3.05, 3.63) is 28.6 Å². The second-order valence-electron chi connectivity index (χ2n) is 5.00. The van der Waals surface area contributed by atoms with E-state index >= 15 is 0 Å². The zero-order valence-electron chi connectivity index (χ0n) is 11.6. The third-order valence-corrected chi connectivity index (χ3v) is 3.46. The number of aromatic nitrogens is 1. The van der Waals surface area contributed by atoms with Gasteiger partial charge >= 0.3 is 0 Å². The van der Waals surface area contributed by atoms with Crippen LogP contribution in [0.1, 0.15) is 22.5 Å². The van der Waals surface area contributed by atoms with E-state index < -0.39 is 0 Å². The monoisotopic (exact) mass is 249 g/mol. The molecule has 4 heteroatoms. The fraction of sp³-hybridized carbons (Fsp3) is 0.643. The van der Waals surface area contributed by atoms with Gasteiger partial charge in [-0.1, -0.05) is 0 Å². The first-order chi connectivity index (χ1) is 8.70. The fourth-order valence-electron chi connectivity index (χ4n) is 2.34. The van der Waals surface area contributed by atoms with E-state index in [1.54, 1.807) is 7.11 Å². The molecule has 0 unspecified atom stereocenters. The van der Waals surface area contributed by atoms with Gasteiger partial charge in [0.2, 0.25) is 0 Å². The molecule has 2 heterocycles. The molecule has 2 rings (SSSR count). The van der Waals surface area contributed by atoms with Crippen LogP contribution in [0.5, 0.6) is 0 Å². The molecule has 0 radical (unpaired) electrons. The Hall–Kier alpha value is -0.970. The first-order valence-corrected chi connectivity index (χ1v) is 6.57. The lowest BCUT2D eigenvalue weighted by atomic mass is 10.0. The van der Waals surface area contributed by atoms with Crippen LogP contribution in [0.15, 0.2) is 6.07 Å². The van der Waals surface area contributed by atoms with Crippen LogP contribution in [0.2, 0.25) is 0 Å². The standard InChI is InChI=1S/C14H23N3O/c1-11-12(9-15-5-7-18-3)8-13-10-17(2)6-4-14(13)16-11/h8,15H,4-7,9-10H2,1-3H3. The first kappa shape index (κ1) is 13.5. The second-order valence-corrected chi connectivity index (χ2v) is 5.00. The molecule has 0 spiro atoms. The summed E-state index contributed by atoms with van der Waals surface area (Å²) in [6, 6.07) is 2.31. The lowest BCUT2D eigenvalue weighted by Crippen LogP contribution is -2.28. The number of fused-ring (bicyclic) bond motifs is 1. The van der Waals surface area contributed by atoms with Crippen molar-refractivity contribution >= 4 is 0 Å². The van der Waals surface area contributed by atoms with E-state index in [0.717, 1.165) is 44.9 Å². The molecule has 1 aliphatic rings. The van der Waals surface area contributed by atoms with Gasteiger partial charge in [0.15, 0.2) is 0 Å². The van der Waals surface area contributed by atoms with Gasteiger partial charge in [-0.2, -0.15) is 0 Å². The zero-order chi connectivity index (χ0) is 13.0. The van der Waals surface area contributed by atoms with Crippen LogP contribution in [0.25, 0.3) is 0 Å². The van der Waals surface area contributed by atoms with Crippen molar-refractivity contribution in [2.45, 2.75) is 26.4 Å². The molecule has 100 valence electrons. The number of likely N-dealkylation sites (N-methyl/N-ethyl adjacent to an activating group) is 1. The highest BCUT2D eigenvalue weighted by atomic mass is 16.5. The van der Waals surface area contributed by atoms with Crippen LogP contribution in [0.3, 0.4) is 0 Å². The summed E-state index contributed by atoms with van der Waals surface area (Å²) in [4.78, 5) is 7.10. The van der Waals surface area contributed by atoms with E-state index in [1.807, 2.05) is 0 Å². The van der Waals surface area contributed by atoms with Crippen molar-refractivity contribution in [3.8, 4) is 0 Å². The van der Waals surface area contributed by atoms with Crippen molar-refractivity contribution < 1.29 is 4.74 Å². The molecule has 0 saturated heterocycles. The third-order valence-electron chi connectivity index (χ3n) is 3.46. The number of rotatable bonds is 5. The normalized spacial score (nSPS) is 15.7. The van der Waals surface area contributed by atoms with Gasteiger partial charge in [0.25, 0.3) is 0 Å². The average Bonchev–Trinajstić information content (AvgIpc) is 2.35. The summed E-state index contributed by atoms with van der Waals surface area (Å²) >= 11 is 0. The van der Waals surface area contributed by atoms with E-state index in [4.69, 9.17) is 9.72 Å². The fourth-order valence-corrected chi connectivity index (χ4v) is 2.34. The molecular formula is C14H23N3O. The Bertz CT molecular complexity index is 406. The van der Waals surface area contributed by atoms with Crippen molar-refractivity contribution in [1.29, 1.82) is 0 Å². The molecule has 1 N–H and O–H groups in total. The first-order valence-electron chi connectivity index (χ1n) is 6.57. The molecule has 0 fully saturated rings. The molecule has 1 aromatic heterocycles.